The first kappa shape index (κ1) is 46.6. The Morgan fingerprint density at radius 1 is 0.412 bits per heavy atom. The lowest BCUT2D eigenvalue weighted by atomic mass is 9.71. The van der Waals surface area contributed by atoms with Crippen molar-refractivity contribution in [3.8, 4) is 22.3 Å². The first-order chi connectivity index (χ1) is 38.9. The van der Waals surface area contributed by atoms with E-state index in [-0.39, 0.29) is 22.2 Å². The van der Waals surface area contributed by atoms with Crippen LogP contribution in [0, 0.1) is 0 Å². The van der Waals surface area contributed by atoms with Crippen LogP contribution < -0.4 is 4.90 Å². The number of nitrogens with zero attached hydrogens (tertiary/aromatic N) is 1. The summed E-state index contributed by atoms with van der Waals surface area (Å²) in [6.07, 6.45) is 2.02. The van der Waals surface area contributed by atoms with Crippen molar-refractivity contribution in [2.75, 3.05) is 4.90 Å². The second-order valence-electron chi connectivity index (χ2n) is 24.8. The third-order valence-corrected chi connectivity index (χ3v) is 21.4. The number of benzene rings is 11. The molecule has 0 spiro atoms. The van der Waals surface area contributed by atoms with Gasteiger partial charge < -0.3 is 9.32 Å². The molecule has 1 atom stereocenters. The summed E-state index contributed by atoms with van der Waals surface area (Å²) in [4.78, 5) is 2.53. The summed E-state index contributed by atoms with van der Waals surface area (Å²) in [5.41, 5.74) is 22.6. The molecule has 0 fully saturated rings. The summed E-state index contributed by atoms with van der Waals surface area (Å²) in [6.45, 7) is 14.4. The lowest BCUT2D eigenvalue weighted by Crippen LogP contribution is -2.23. The Hall–Kier alpha value is -8.28. The van der Waals surface area contributed by atoms with Crippen molar-refractivity contribution < 1.29 is 4.42 Å². The molecule has 2 nitrogen and oxygen atoms in total. The van der Waals surface area contributed by atoms with Crippen molar-refractivity contribution in [2.45, 2.75) is 76.5 Å². The smallest absolute Gasteiger partial charge is 0.139 e. The topological polar surface area (TPSA) is 16.4 Å². The predicted molar refractivity (Wildman–Crippen MR) is 342 cm³/mol. The van der Waals surface area contributed by atoms with Crippen molar-refractivity contribution in [1.82, 2.24) is 0 Å². The summed E-state index contributed by atoms with van der Waals surface area (Å²) < 4.78 is 12.7. The zero-order chi connectivity index (χ0) is 53.6. The number of aryl methyl sites for hydroxylation is 1. The van der Waals surface area contributed by atoms with Crippen molar-refractivity contribution >= 4 is 113 Å². The molecular weight excluding hydrogens is 1010 g/mol. The Kier molecular flexibility index (Phi) is 9.56. The van der Waals surface area contributed by atoms with Crippen LogP contribution in [0.4, 0.5) is 17.1 Å². The molecule has 3 aliphatic carbocycles. The molecule has 4 heteroatoms. The molecule has 0 unspecified atom stereocenters. The Labute approximate surface area is 474 Å². The van der Waals surface area contributed by atoms with Gasteiger partial charge in [-0.15, -0.1) is 22.7 Å². The minimum absolute atomic E-state index is 0.0250. The zero-order valence-corrected chi connectivity index (χ0v) is 47.4. The van der Waals surface area contributed by atoms with Gasteiger partial charge in [0.15, 0.2) is 0 Å². The number of furan rings is 1. The van der Waals surface area contributed by atoms with Gasteiger partial charge in [0.2, 0.25) is 0 Å². The maximum Gasteiger partial charge on any atom is 0.139 e. The molecule has 80 heavy (non-hydrogen) atoms. The molecule has 3 aromatic heterocycles. The number of hydrogen-bond acceptors (Lipinski definition) is 4. The van der Waals surface area contributed by atoms with E-state index in [1.807, 2.05) is 22.7 Å². The number of hydrogen-bond donors (Lipinski definition) is 0. The van der Waals surface area contributed by atoms with Gasteiger partial charge in [-0.05, 0) is 169 Å². The van der Waals surface area contributed by atoms with Crippen LogP contribution in [0.15, 0.2) is 211 Å². The summed E-state index contributed by atoms with van der Waals surface area (Å²) in [6, 6.07) is 79.1. The SMILES string of the molecule is CC1(C)CCc2cc(N(c3ccc4c(c3)-c3ccccc3C4(C)C)c3ccc4c(c3)sc3ccccc34)cc3cc4c(oc5cc([C@@H](c6ccc7c(c6)-c6ccccc6C7(C)C)c6ccc7c(c6)sc6ccccc67)ccc54)c1c23. The van der Waals surface area contributed by atoms with Crippen LogP contribution >= 0.6 is 22.7 Å². The predicted octanol–water partition coefficient (Wildman–Crippen LogP) is 22.0. The average molecular weight is 1060 g/mol. The Balaban J connectivity index is 0.861. The monoisotopic (exact) mass is 1060 g/mol. The maximum atomic E-state index is 7.39. The van der Waals surface area contributed by atoms with E-state index in [4.69, 9.17) is 4.42 Å². The fraction of sp³-hybridized carbons (Fsp3) is 0.158. The van der Waals surface area contributed by atoms with Crippen molar-refractivity contribution in [1.29, 1.82) is 0 Å². The van der Waals surface area contributed by atoms with Crippen LogP contribution in [-0.4, -0.2) is 0 Å². The first-order valence-electron chi connectivity index (χ1n) is 28.5. The van der Waals surface area contributed by atoms with E-state index < -0.39 is 0 Å². The minimum Gasteiger partial charge on any atom is -0.456 e. The second kappa shape index (κ2) is 16.4. The second-order valence-corrected chi connectivity index (χ2v) is 27.0. The average Bonchev–Trinajstić information content (AvgIpc) is 4.36. The van der Waals surface area contributed by atoms with Gasteiger partial charge in [-0.3, -0.25) is 0 Å². The molecule has 0 saturated heterocycles. The number of thiophene rings is 2. The van der Waals surface area contributed by atoms with Crippen molar-refractivity contribution in [2.24, 2.45) is 0 Å². The van der Waals surface area contributed by atoms with E-state index in [1.165, 1.54) is 140 Å². The molecule has 0 radical (unpaired) electrons. The van der Waals surface area contributed by atoms with Crippen LogP contribution in [0.3, 0.4) is 0 Å². The lowest BCUT2D eigenvalue weighted by molar-refractivity contribution is 0.471. The van der Waals surface area contributed by atoms with Crippen molar-refractivity contribution in [3.05, 3.63) is 256 Å². The van der Waals surface area contributed by atoms with E-state index in [1.54, 1.807) is 0 Å². The molecule has 0 saturated carbocycles. The van der Waals surface area contributed by atoms with Crippen LogP contribution in [0.25, 0.3) is 95.3 Å². The third kappa shape index (κ3) is 6.52. The molecule has 3 aliphatic rings. The Morgan fingerprint density at radius 2 is 0.938 bits per heavy atom. The highest BCUT2D eigenvalue weighted by Crippen LogP contribution is 2.55. The zero-order valence-electron chi connectivity index (χ0n) is 45.8. The highest BCUT2D eigenvalue weighted by molar-refractivity contribution is 7.26. The van der Waals surface area contributed by atoms with Crippen molar-refractivity contribution in [3.63, 3.8) is 0 Å². The quantitative estimate of drug-likeness (QED) is 0.154. The molecule has 17 rings (SSSR count). The largest absolute Gasteiger partial charge is 0.456 e. The highest BCUT2D eigenvalue weighted by Gasteiger charge is 2.39. The Bertz CT molecular complexity index is 5020. The lowest BCUT2D eigenvalue weighted by Gasteiger charge is -2.34. The normalized spacial score (nSPS) is 15.8. The molecule has 0 N–H and O–H groups in total. The number of rotatable bonds is 6. The maximum absolute atomic E-state index is 7.39. The van der Waals surface area contributed by atoms with E-state index in [0.29, 0.717) is 0 Å². The van der Waals surface area contributed by atoms with Gasteiger partial charge in [0, 0.05) is 90.5 Å². The molecule has 0 amide bonds. The summed E-state index contributed by atoms with van der Waals surface area (Å²) >= 11 is 3.78. The van der Waals surface area contributed by atoms with Gasteiger partial charge in [0.1, 0.15) is 11.2 Å². The third-order valence-electron chi connectivity index (χ3n) is 19.2. The van der Waals surface area contributed by atoms with E-state index >= 15 is 0 Å². The van der Waals surface area contributed by atoms with Gasteiger partial charge >= 0.3 is 0 Å². The van der Waals surface area contributed by atoms with Crippen LogP contribution in [0.2, 0.25) is 0 Å². The number of fused-ring (bicyclic) bond motifs is 16. The van der Waals surface area contributed by atoms with E-state index in [0.717, 1.165) is 35.1 Å². The molecule has 0 bridgehead atoms. The van der Waals surface area contributed by atoms with Gasteiger partial charge in [0.05, 0.1) is 0 Å². The summed E-state index contributed by atoms with van der Waals surface area (Å²) in [5, 5.41) is 10.2. The molecular formula is C76H57NOS2. The molecule has 11 aromatic carbocycles. The van der Waals surface area contributed by atoms with E-state index in [2.05, 4.69) is 253 Å². The fourth-order valence-corrected chi connectivity index (χ4v) is 17.4. The summed E-state index contributed by atoms with van der Waals surface area (Å²) in [5.74, 6) is -0.0250. The standard InChI is InChI=1S/C76H57NOS2/c1-74(2)34-33-46-35-50(77(49-26-30-57-55-18-10-14-22-67(55)80-69(57)42-49)48-27-32-64-59(41-48)52-16-8-12-20-62(52)76(64,5)6)36-47-38-60-53-28-23-44(39-65(53)78-73(60)72(74)71(46)47)70(45-24-29-56-54-17-9-13-21-66(54)79-68(56)40-45)43-25-31-63-58(37-43)51-15-7-11-19-61(51)75(63,3)4/h7-32,35-42,70H,33-34H2,1-6H3/t70-/m1/s1. The van der Waals surface area contributed by atoms with Crippen LogP contribution in [-0.2, 0) is 22.7 Å². The Morgan fingerprint density at radius 3 is 1.65 bits per heavy atom. The van der Waals surface area contributed by atoms with Gasteiger partial charge in [0.25, 0.3) is 0 Å². The summed E-state index contributed by atoms with van der Waals surface area (Å²) in [7, 11) is 0. The van der Waals surface area contributed by atoms with Gasteiger partial charge in [-0.2, -0.15) is 0 Å². The highest BCUT2D eigenvalue weighted by atomic mass is 32.1. The van der Waals surface area contributed by atoms with E-state index in [9.17, 15) is 0 Å². The van der Waals surface area contributed by atoms with Crippen LogP contribution in [0.1, 0.15) is 104 Å². The minimum atomic E-state index is -0.105. The molecule has 3 heterocycles. The molecule has 384 valence electrons. The van der Waals surface area contributed by atoms with Gasteiger partial charge in [-0.1, -0.05) is 175 Å². The van der Waals surface area contributed by atoms with Crippen LogP contribution in [0.5, 0.6) is 0 Å². The molecule has 0 aliphatic heterocycles. The first-order valence-corrected chi connectivity index (χ1v) is 30.1. The van der Waals surface area contributed by atoms with Gasteiger partial charge in [-0.25, -0.2) is 0 Å². The molecule has 14 aromatic rings. The fourth-order valence-electron chi connectivity index (χ4n) is 15.1. The number of anilines is 3.